The molecule has 2 aromatic carbocycles. The molecule has 0 aromatic heterocycles. The molecule has 0 saturated carbocycles. The summed E-state index contributed by atoms with van der Waals surface area (Å²) in [6.07, 6.45) is 0. The monoisotopic (exact) mass is 400 g/mol. The molecule has 148 valence electrons. The van der Waals surface area contributed by atoms with E-state index >= 15 is 0 Å². The van der Waals surface area contributed by atoms with E-state index in [4.69, 9.17) is 0 Å². The van der Waals surface area contributed by atoms with Crippen molar-refractivity contribution in [2.24, 2.45) is 0 Å². The standard InChI is InChI=1S/C21H24N2O4S/c1-14(2)23-20(25)17-11-10-15(12-18(17)28(23,26)27)19(24)22-13-21(3,4)16-8-6-5-7-9-16/h5-12,14H,13H2,1-4H3,(H,22,24). The number of sulfonamides is 1. The second-order valence-electron chi connectivity index (χ2n) is 7.84. The van der Waals surface area contributed by atoms with Gasteiger partial charge in [0.1, 0.15) is 4.90 Å². The minimum absolute atomic E-state index is 0.106. The molecule has 7 heteroatoms. The van der Waals surface area contributed by atoms with E-state index in [0.717, 1.165) is 9.87 Å². The third kappa shape index (κ3) is 3.42. The number of carbonyl (C=O) groups excluding carboxylic acids is 2. The largest absolute Gasteiger partial charge is 0.351 e. The van der Waals surface area contributed by atoms with Gasteiger partial charge in [0.25, 0.3) is 21.8 Å². The number of nitrogens with zero attached hydrogens (tertiary/aromatic N) is 1. The molecule has 1 aliphatic rings. The van der Waals surface area contributed by atoms with Crippen molar-refractivity contribution in [3.63, 3.8) is 0 Å². The average Bonchev–Trinajstić information content (AvgIpc) is 2.86. The van der Waals surface area contributed by atoms with E-state index in [0.29, 0.717) is 6.54 Å². The van der Waals surface area contributed by atoms with Crippen molar-refractivity contribution in [3.8, 4) is 0 Å². The quantitative estimate of drug-likeness (QED) is 0.836. The molecule has 0 saturated heterocycles. The Hall–Kier alpha value is -2.67. The molecule has 2 amide bonds. The van der Waals surface area contributed by atoms with Crippen molar-refractivity contribution >= 4 is 21.8 Å². The molecule has 0 unspecified atom stereocenters. The summed E-state index contributed by atoms with van der Waals surface area (Å²) in [7, 11) is -3.93. The number of nitrogens with one attached hydrogen (secondary N) is 1. The molecule has 1 aliphatic heterocycles. The average molecular weight is 401 g/mol. The molecule has 0 aliphatic carbocycles. The Morgan fingerprint density at radius 1 is 1.11 bits per heavy atom. The molecular formula is C21H24N2O4S. The first-order valence-corrected chi connectivity index (χ1v) is 10.6. The summed E-state index contributed by atoms with van der Waals surface area (Å²) >= 11 is 0. The molecule has 3 rings (SSSR count). The lowest BCUT2D eigenvalue weighted by molar-refractivity contribution is 0.0845. The van der Waals surface area contributed by atoms with Crippen LogP contribution < -0.4 is 5.32 Å². The first-order chi connectivity index (χ1) is 13.1. The van der Waals surface area contributed by atoms with Crippen LogP contribution in [0.2, 0.25) is 0 Å². The van der Waals surface area contributed by atoms with Crippen molar-refractivity contribution in [1.82, 2.24) is 9.62 Å². The molecule has 2 aromatic rings. The van der Waals surface area contributed by atoms with Crippen molar-refractivity contribution in [1.29, 1.82) is 0 Å². The van der Waals surface area contributed by atoms with Gasteiger partial charge in [0, 0.05) is 23.6 Å². The van der Waals surface area contributed by atoms with Gasteiger partial charge in [0.15, 0.2) is 0 Å². The van der Waals surface area contributed by atoms with Gasteiger partial charge < -0.3 is 5.32 Å². The Balaban J connectivity index is 1.82. The lowest BCUT2D eigenvalue weighted by Gasteiger charge is -2.25. The number of fused-ring (bicyclic) bond motifs is 1. The normalized spacial score (nSPS) is 15.6. The lowest BCUT2D eigenvalue weighted by atomic mass is 9.84. The number of carbonyl (C=O) groups is 2. The molecule has 0 fully saturated rings. The second-order valence-corrected chi connectivity index (χ2v) is 9.63. The predicted octanol–water partition coefficient (Wildman–Crippen LogP) is 2.95. The van der Waals surface area contributed by atoms with E-state index in [1.54, 1.807) is 13.8 Å². The summed E-state index contributed by atoms with van der Waals surface area (Å²) < 4.78 is 26.2. The minimum Gasteiger partial charge on any atom is -0.351 e. The molecule has 0 spiro atoms. The van der Waals surface area contributed by atoms with Crippen LogP contribution >= 0.6 is 0 Å². The van der Waals surface area contributed by atoms with Gasteiger partial charge in [-0.25, -0.2) is 12.7 Å². The molecule has 1 N–H and O–H groups in total. The van der Waals surface area contributed by atoms with Crippen LogP contribution in [0.1, 0.15) is 54.0 Å². The zero-order valence-corrected chi connectivity index (χ0v) is 17.2. The summed E-state index contributed by atoms with van der Waals surface area (Å²) in [5.74, 6) is -0.931. The number of benzene rings is 2. The third-order valence-electron chi connectivity index (χ3n) is 4.93. The summed E-state index contributed by atoms with van der Waals surface area (Å²) in [6.45, 7) is 7.71. The van der Waals surface area contributed by atoms with Crippen LogP contribution in [0.5, 0.6) is 0 Å². The Labute approximate surface area is 165 Å². The van der Waals surface area contributed by atoms with E-state index < -0.39 is 22.0 Å². The van der Waals surface area contributed by atoms with Crippen LogP contribution in [0.15, 0.2) is 53.4 Å². The van der Waals surface area contributed by atoms with Crippen LogP contribution in [0.4, 0.5) is 0 Å². The van der Waals surface area contributed by atoms with Crippen molar-refractivity contribution in [3.05, 3.63) is 65.2 Å². The topological polar surface area (TPSA) is 83.6 Å². The second kappa shape index (κ2) is 7.05. The van der Waals surface area contributed by atoms with Crippen LogP contribution in [0, 0.1) is 0 Å². The van der Waals surface area contributed by atoms with Gasteiger partial charge in [-0.1, -0.05) is 44.2 Å². The van der Waals surface area contributed by atoms with Crippen LogP contribution in [-0.4, -0.2) is 37.1 Å². The van der Waals surface area contributed by atoms with Gasteiger partial charge in [-0.05, 0) is 37.6 Å². The summed E-state index contributed by atoms with van der Waals surface area (Å²) in [5, 5.41) is 2.87. The highest BCUT2D eigenvalue weighted by Gasteiger charge is 2.43. The summed E-state index contributed by atoms with van der Waals surface area (Å²) in [4.78, 5) is 24.9. The maximum Gasteiger partial charge on any atom is 0.269 e. The van der Waals surface area contributed by atoms with E-state index in [1.807, 2.05) is 44.2 Å². The van der Waals surface area contributed by atoms with E-state index in [1.165, 1.54) is 18.2 Å². The highest BCUT2D eigenvalue weighted by molar-refractivity contribution is 7.90. The van der Waals surface area contributed by atoms with E-state index in [9.17, 15) is 18.0 Å². The highest BCUT2D eigenvalue weighted by Crippen LogP contribution is 2.32. The van der Waals surface area contributed by atoms with Crippen LogP contribution in [0.25, 0.3) is 0 Å². The van der Waals surface area contributed by atoms with Gasteiger partial charge in [-0.3, -0.25) is 9.59 Å². The zero-order valence-electron chi connectivity index (χ0n) is 16.4. The molecule has 0 bridgehead atoms. The number of hydrogen-bond donors (Lipinski definition) is 1. The van der Waals surface area contributed by atoms with Crippen LogP contribution in [-0.2, 0) is 15.4 Å². The fraction of sp³-hybridized carbons (Fsp3) is 0.333. The summed E-state index contributed by atoms with van der Waals surface area (Å²) in [6, 6.07) is 13.5. The SMILES string of the molecule is CC(C)N1C(=O)c2ccc(C(=O)NCC(C)(C)c3ccccc3)cc2S1(=O)=O. The fourth-order valence-electron chi connectivity index (χ4n) is 3.29. The first kappa shape index (κ1) is 20.1. The predicted molar refractivity (Wildman–Crippen MR) is 107 cm³/mol. The molecule has 6 nitrogen and oxygen atoms in total. The zero-order chi connectivity index (χ0) is 20.7. The van der Waals surface area contributed by atoms with Gasteiger partial charge >= 0.3 is 0 Å². The third-order valence-corrected chi connectivity index (χ3v) is 6.93. The van der Waals surface area contributed by atoms with Gasteiger partial charge in [0.2, 0.25) is 0 Å². The minimum atomic E-state index is -3.93. The smallest absolute Gasteiger partial charge is 0.269 e. The number of hydrogen-bond acceptors (Lipinski definition) is 4. The van der Waals surface area contributed by atoms with E-state index in [2.05, 4.69) is 5.32 Å². The molecular weight excluding hydrogens is 376 g/mol. The van der Waals surface area contributed by atoms with Crippen molar-refractivity contribution in [2.75, 3.05) is 6.54 Å². The van der Waals surface area contributed by atoms with E-state index in [-0.39, 0.29) is 27.3 Å². The van der Waals surface area contributed by atoms with Gasteiger partial charge in [-0.2, -0.15) is 0 Å². The van der Waals surface area contributed by atoms with Crippen LogP contribution in [0.3, 0.4) is 0 Å². The Kier molecular flexibility index (Phi) is 5.06. The van der Waals surface area contributed by atoms with Gasteiger partial charge in [0.05, 0.1) is 5.56 Å². The van der Waals surface area contributed by atoms with Crippen molar-refractivity contribution < 1.29 is 18.0 Å². The number of amides is 2. The maximum atomic E-state index is 12.7. The van der Waals surface area contributed by atoms with Crippen molar-refractivity contribution in [2.45, 2.75) is 44.0 Å². The lowest BCUT2D eigenvalue weighted by Crippen LogP contribution is -2.36. The molecule has 1 heterocycles. The Morgan fingerprint density at radius 2 is 1.75 bits per heavy atom. The molecule has 0 atom stereocenters. The Morgan fingerprint density at radius 3 is 2.36 bits per heavy atom. The molecule has 0 radical (unpaired) electrons. The highest BCUT2D eigenvalue weighted by atomic mass is 32.2. The molecule has 28 heavy (non-hydrogen) atoms. The summed E-state index contributed by atoms with van der Waals surface area (Å²) in [5.41, 5.74) is 1.12. The fourth-order valence-corrected chi connectivity index (χ4v) is 5.09. The maximum absolute atomic E-state index is 12.7. The van der Waals surface area contributed by atoms with Gasteiger partial charge in [-0.15, -0.1) is 0 Å². The number of rotatable bonds is 5. The first-order valence-electron chi connectivity index (χ1n) is 9.12. The Bertz CT molecular complexity index is 1030.